The summed E-state index contributed by atoms with van der Waals surface area (Å²) in [4.78, 5) is 30.1. The molecule has 6 heteroatoms. The fourth-order valence-corrected chi connectivity index (χ4v) is 1.54. The third-order valence-corrected chi connectivity index (χ3v) is 2.69. The third-order valence-electron chi connectivity index (χ3n) is 2.46. The van der Waals surface area contributed by atoms with Crippen LogP contribution in [-0.4, -0.2) is 53.1 Å². The van der Waals surface area contributed by atoms with Gasteiger partial charge in [0.05, 0.1) is 18.8 Å². The van der Waals surface area contributed by atoms with Crippen molar-refractivity contribution in [2.45, 2.75) is 6.54 Å². The SMILES string of the molecule is CN(CC(=O)N(C)Cc1ccccn1)C(=O)CCl. The molecule has 0 radical (unpaired) electrons. The maximum absolute atomic E-state index is 11.8. The van der Waals surface area contributed by atoms with E-state index in [-0.39, 0.29) is 24.2 Å². The number of nitrogens with zero attached hydrogens (tertiary/aromatic N) is 3. The van der Waals surface area contributed by atoms with Crippen LogP contribution in [0.3, 0.4) is 0 Å². The molecule has 0 aliphatic heterocycles. The van der Waals surface area contributed by atoms with Crippen LogP contribution in [-0.2, 0) is 16.1 Å². The minimum Gasteiger partial charge on any atom is -0.338 e. The number of amides is 2. The topological polar surface area (TPSA) is 53.5 Å². The average molecular weight is 270 g/mol. The minimum atomic E-state index is -0.267. The van der Waals surface area contributed by atoms with E-state index in [1.165, 1.54) is 9.80 Å². The lowest BCUT2D eigenvalue weighted by molar-refractivity contribution is -0.137. The molecule has 0 atom stereocenters. The summed E-state index contributed by atoms with van der Waals surface area (Å²) >= 11 is 5.41. The molecule has 1 aromatic rings. The van der Waals surface area contributed by atoms with Crippen LogP contribution >= 0.6 is 11.6 Å². The summed E-state index contributed by atoms with van der Waals surface area (Å²) in [5.74, 6) is -0.536. The van der Waals surface area contributed by atoms with Gasteiger partial charge in [-0.3, -0.25) is 14.6 Å². The van der Waals surface area contributed by atoms with E-state index in [9.17, 15) is 9.59 Å². The van der Waals surface area contributed by atoms with Crippen LogP contribution in [0.4, 0.5) is 0 Å². The Labute approximate surface area is 111 Å². The molecule has 0 aliphatic rings. The molecule has 1 aromatic heterocycles. The van der Waals surface area contributed by atoms with Gasteiger partial charge in [0.25, 0.3) is 0 Å². The Bertz CT molecular complexity index is 411. The third kappa shape index (κ3) is 4.33. The quantitative estimate of drug-likeness (QED) is 0.741. The maximum Gasteiger partial charge on any atom is 0.242 e. The second kappa shape index (κ2) is 6.96. The van der Waals surface area contributed by atoms with Crippen LogP contribution in [0.1, 0.15) is 5.69 Å². The van der Waals surface area contributed by atoms with Gasteiger partial charge in [-0.2, -0.15) is 0 Å². The molecule has 1 rings (SSSR count). The van der Waals surface area contributed by atoms with Gasteiger partial charge in [-0.05, 0) is 12.1 Å². The smallest absolute Gasteiger partial charge is 0.242 e. The molecule has 2 amide bonds. The summed E-state index contributed by atoms with van der Waals surface area (Å²) in [5.41, 5.74) is 0.805. The zero-order valence-corrected chi connectivity index (χ0v) is 11.2. The van der Waals surface area contributed by atoms with Crippen LogP contribution < -0.4 is 0 Å². The highest BCUT2D eigenvalue weighted by Crippen LogP contribution is 2.00. The zero-order valence-electron chi connectivity index (χ0n) is 10.5. The van der Waals surface area contributed by atoms with Crippen molar-refractivity contribution in [3.63, 3.8) is 0 Å². The standard InChI is InChI=1S/C12H16ClN3O2/c1-15(8-10-5-3-4-6-14-10)12(18)9-16(2)11(17)7-13/h3-6H,7-9H2,1-2H3. The van der Waals surface area contributed by atoms with Crippen LogP contribution in [0, 0.1) is 0 Å². The Morgan fingerprint density at radius 1 is 1.22 bits per heavy atom. The fourth-order valence-electron chi connectivity index (χ4n) is 1.34. The van der Waals surface area contributed by atoms with E-state index in [0.29, 0.717) is 6.54 Å². The summed E-state index contributed by atoms with van der Waals surface area (Å²) in [5, 5.41) is 0. The number of rotatable bonds is 5. The Morgan fingerprint density at radius 3 is 2.50 bits per heavy atom. The van der Waals surface area contributed by atoms with Crippen molar-refractivity contribution < 1.29 is 9.59 Å². The number of alkyl halides is 1. The number of halogens is 1. The lowest BCUT2D eigenvalue weighted by Crippen LogP contribution is -2.39. The van der Waals surface area contributed by atoms with Crippen molar-refractivity contribution in [1.82, 2.24) is 14.8 Å². The first-order valence-corrected chi connectivity index (χ1v) is 6.02. The Morgan fingerprint density at radius 2 is 1.94 bits per heavy atom. The van der Waals surface area contributed by atoms with Gasteiger partial charge < -0.3 is 9.80 Å². The first kappa shape index (κ1) is 14.4. The van der Waals surface area contributed by atoms with Crippen molar-refractivity contribution in [1.29, 1.82) is 0 Å². The molecule has 98 valence electrons. The summed E-state index contributed by atoms with van der Waals surface area (Å²) in [7, 11) is 3.23. The molecule has 0 N–H and O–H groups in total. The van der Waals surface area contributed by atoms with Crippen molar-refractivity contribution in [2.75, 3.05) is 26.5 Å². The lowest BCUT2D eigenvalue weighted by Gasteiger charge is -2.21. The van der Waals surface area contributed by atoms with Gasteiger partial charge in [-0.1, -0.05) is 6.07 Å². The van der Waals surface area contributed by atoms with Crippen molar-refractivity contribution in [2.24, 2.45) is 0 Å². The highest BCUT2D eigenvalue weighted by Gasteiger charge is 2.15. The summed E-state index contributed by atoms with van der Waals surface area (Å²) < 4.78 is 0. The Hall–Kier alpha value is -1.62. The van der Waals surface area contributed by atoms with Gasteiger partial charge in [-0.15, -0.1) is 11.6 Å². The largest absolute Gasteiger partial charge is 0.338 e. The molecule has 0 aromatic carbocycles. The number of hydrogen-bond donors (Lipinski definition) is 0. The molecule has 1 heterocycles. The van der Waals surface area contributed by atoms with E-state index in [4.69, 9.17) is 11.6 Å². The number of aromatic nitrogens is 1. The van der Waals surface area contributed by atoms with Gasteiger partial charge in [0, 0.05) is 20.3 Å². The van der Waals surface area contributed by atoms with Gasteiger partial charge in [0.1, 0.15) is 5.88 Å². The van der Waals surface area contributed by atoms with Crippen molar-refractivity contribution in [3.05, 3.63) is 30.1 Å². The van der Waals surface area contributed by atoms with E-state index in [0.717, 1.165) is 5.69 Å². The van der Waals surface area contributed by atoms with Gasteiger partial charge in [0.2, 0.25) is 11.8 Å². The Kier molecular flexibility index (Phi) is 5.58. The fraction of sp³-hybridized carbons (Fsp3) is 0.417. The van der Waals surface area contributed by atoms with Crippen molar-refractivity contribution >= 4 is 23.4 Å². The number of hydrogen-bond acceptors (Lipinski definition) is 3. The molecular weight excluding hydrogens is 254 g/mol. The van der Waals surface area contributed by atoms with Crippen molar-refractivity contribution in [3.8, 4) is 0 Å². The predicted molar refractivity (Wildman–Crippen MR) is 69.1 cm³/mol. The predicted octanol–water partition coefficient (Wildman–Crippen LogP) is 0.737. The lowest BCUT2D eigenvalue weighted by atomic mass is 10.3. The van der Waals surface area contributed by atoms with Gasteiger partial charge in [-0.25, -0.2) is 0 Å². The van der Waals surface area contributed by atoms with Gasteiger partial charge >= 0.3 is 0 Å². The molecular formula is C12H16ClN3O2. The van der Waals surface area contributed by atoms with E-state index in [2.05, 4.69) is 4.98 Å². The number of likely N-dealkylation sites (N-methyl/N-ethyl adjacent to an activating group) is 2. The second-order valence-corrected chi connectivity index (χ2v) is 4.22. The van der Waals surface area contributed by atoms with Gasteiger partial charge in [0.15, 0.2) is 0 Å². The minimum absolute atomic E-state index is 0.0227. The molecule has 0 aliphatic carbocycles. The number of carbonyl (C=O) groups excluding carboxylic acids is 2. The Balaban J connectivity index is 2.49. The second-order valence-electron chi connectivity index (χ2n) is 3.95. The van der Waals surface area contributed by atoms with Crippen LogP contribution in [0.5, 0.6) is 0 Å². The molecule has 0 bridgehead atoms. The number of carbonyl (C=O) groups is 2. The van der Waals surface area contributed by atoms with E-state index < -0.39 is 0 Å². The van der Waals surface area contributed by atoms with Crippen LogP contribution in [0.15, 0.2) is 24.4 Å². The average Bonchev–Trinajstić information content (AvgIpc) is 2.38. The summed E-state index contributed by atoms with van der Waals surface area (Å²) in [6, 6.07) is 5.53. The van der Waals surface area contributed by atoms with Crippen LogP contribution in [0.25, 0.3) is 0 Å². The monoisotopic (exact) mass is 269 g/mol. The first-order chi connectivity index (χ1) is 8.54. The molecule has 5 nitrogen and oxygen atoms in total. The van der Waals surface area contributed by atoms with E-state index in [1.807, 2.05) is 18.2 Å². The highest BCUT2D eigenvalue weighted by molar-refractivity contribution is 6.27. The van der Waals surface area contributed by atoms with Crippen LogP contribution in [0.2, 0.25) is 0 Å². The normalized spacial score (nSPS) is 9.94. The molecule has 0 unspecified atom stereocenters. The highest BCUT2D eigenvalue weighted by atomic mass is 35.5. The molecule has 18 heavy (non-hydrogen) atoms. The molecule has 0 saturated carbocycles. The summed E-state index contributed by atoms with van der Waals surface area (Å²) in [6.07, 6.45) is 1.68. The molecule has 0 spiro atoms. The number of pyridine rings is 1. The molecule has 0 fully saturated rings. The maximum atomic E-state index is 11.8. The first-order valence-electron chi connectivity index (χ1n) is 5.48. The zero-order chi connectivity index (χ0) is 13.5. The summed E-state index contributed by atoms with van der Waals surface area (Å²) in [6.45, 7) is 0.442. The molecule has 0 saturated heterocycles. The van der Waals surface area contributed by atoms with E-state index >= 15 is 0 Å². The van der Waals surface area contributed by atoms with E-state index in [1.54, 1.807) is 20.3 Å².